The van der Waals surface area contributed by atoms with Crippen molar-refractivity contribution in [1.82, 2.24) is 10.3 Å². The van der Waals surface area contributed by atoms with Crippen LogP contribution in [0.2, 0.25) is 5.02 Å². The fraction of sp³-hybridized carbons (Fsp3) is 0.375. The van der Waals surface area contributed by atoms with Crippen molar-refractivity contribution in [3.63, 3.8) is 0 Å². The van der Waals surface area contributed by atoms with Crippen LogP contribution in [0.1, 0.15) is 48.7 Å². The third-order valence-corrected chi connectivity index (χ3v) is 7.28. The van der Waals surface area contributed by atoms with E-state index in [4.69, 9.17) is 22.3 Å². The standard InChI is InChI=1S/C24H25ClF3N5OS/c25-17-10-15(26)5-6-16(17)21-20(14(11-29)12-31-24(27)28)18(9-13-3-1-2-4-19(13)34)32-22(33-21)23-30-7-8-35-23/h5-8,10-13,19,21,24,34H,1-4,9,29H2,(H,32,33)/t13?,19?,21-/m0/s1. The van der Waals surface area contributed by atoms with E-state index in [0.29, 0.717) is 40.5 Å². The maximum absolute atomic E-state index is 13.9. The minimum atomic E-state index is -2.92. The van der Waals surface area contributed by atoms with Gasteiger partial charge in [-0.3, -0.25) is 4.99 Å². The number of nitrogens with one attached hydrogen (secondary N) is 1. The Morgan fingerprint density at radius 3 is 2.80 bits per heavy atom. The van der Waals surface area contributed by atoms with Gasteiger partial charge in [-0.1, -0.05) is 30.5 Å². The normalized spacial score (nSPS) is 23.7. The summed E-state index contributed by atoms with van der Waals surface area (Å²) in [4.78, 5) is 12.4. The molecule has 1 fully saturated rings. The number of nitrogens with two attached hydrogens (primary N) is 1. The van der Waals surface area contributed by atoms with E-state index in [-0.39, 0.29) is 16.5 Å². The molecule has 1 aliphatic carbocycles. The number of amidine groups is 1. The SMILES string of the molecule is NC=C(C=NC(F)F)C1=C(CC2CCCCC2O)NC(c2nccs2)=N[C@H]1c1ccc(F)cc1Cl. The lowest BCUT2D eigenvalue weighted by Gasteiger charge is -2.33. The van der Waals surface area contributed by atoms with Crippen LogP contribution in [0.5, 0.6) is 0 Å². The number of alkyl halides is 2. The molecule has 0 saturated heterocycles. The second kappa shape index (κ2) is 11.4. The fourth-order valence-electron chi connectivity index (χ4n) is 4.52. The van der Waals surface area contributed by atoms with E-state index < -0.39 is 24.5 Å². The first-order chi connectivity index (χ1) is 16.9. The smallest absolute Gasteiger partial charge is 0.331 e. The van der Waals surface area contributed by atoms with Crippen molar-refractivity contribution in [2.45, 2.75) is 50.8 Å². The molecule has 2 aromatic rings. The van der Waals surface area contributed by atoms with Gasteiger partial charge in [0, 0.05) is 45.9 Å². The molecule has 2 unspecified atom stereocenters. The molecule has 0 spiro atoms. The second-order valence-electron chi connectivity index (χ2n) is 8.39. The van der Waals surface area contributed by atoms with E-state index in [1.165, 1.54) is 35.7 Å². The van der Waals surface area contributed by atoms with Crippen LogP contribution in [0.3, 0.4) is 0 Å². The molecule has 1 aliphatic heterocycles. The minimum Gasteiger partial charge on any atom is -0.404 e. The Bertz CT molecular complexity index is 1170. The Hall–Kier alpha value is -2.69. The van der Waals surface area contributed by atoms with Crippen molar-refractivity contribution in [3.8, 4) is 0 Å². The van der Waals surface area contributed by atoms with Crippen molar-refractivity contribution in [2.24, 2.45) is 21.6 Å². The maximum atomic E-state index is 13.9. The average Bonchev–Trinajstić information content (AvgIpc) is 3.36. The highest BCUT2D eigenvalue weighted by Crippen LogP contribution is 2.41. The first-order valence-corrected chi connectivity index (χ1v) is 12.5. The molecule has 0 amide bonds. The van der Waals surface area contributed by atoms with Crippen molar-refractivity contribution >= 4 is 35.0 Å². The van der Waals surface area contributed by atoms with Gasteiger partial charge < -0.3 is 16.2 Å². The van der Waals surface area contributed by atoms with Crippen molar-refractivity contribution in [2.75, 3.05) is 0 Å². The van der Waals surface area contributed by atoms with Crippen LogP contribution in [0.4, 0.5) is 13.2 Å². The van der Waals surface area contributed by atoms with Gasteiger partial charge in [-0.2, -0.15) is 8.78 Å². The van der Waals surface area contributed by atoms with Gasteiger partial charge in [-0.25, -0.2) is 14.4 Å². The molecule has 35 heavy (non-hydrogen) atoms. The topological polar surface area (TPSA) is 95.9 Å². The zero-order chi connectivity index (χ0) is 24.9. The number of aliphatic imine (C=N–C) groups is 2. The van der Waals surface area contributed by atoms with Crippen molar-refractivity contribution in [3.05, 3.63) is 74.2 Å². The number of hydrogen-bond donors (Lipinski definition) is 3. The number of nitrogens with zero attached hydrogens (tertiary/aromatic N) is 3. The average molecular weight is 524 g/mol. The number of thiazole rings is 1. The molecule has 1 saturated carbocycles. The Balaban J connectivity index is 1.88. The Morgan fingerprint density at radius 1 is 1.34 bits per heavy atom. The molecule has 0 radical (unpaired) electrons. The quantitative estimate of drug-likeness (QED) is 0.336. The second-order valence-corrected chi connectivity index (χ2v) is 9.70. The molecular formula is C24H25ClF3N5OS. The number of allylic oxidation sites excluding steroid dienone is 1. The predicted molar refractivity (Wildman–Crippen MR) is 132 cm³/mol. The van der Waals surface area contributed by atoms with Crippen LogP contribution < -0.4 is 11.1 Å². The van der Waals surface area contributed by atoms with Gasteiger partial charge in [0.25, 0.3) is 0 Å². The third kappa shape index (κ3) is 5.94. The summed E-state index contributed by atoms with van der Waals surface area (Å²) in [7, 11) is 0. The summed E-state index contributed by atoms with van der Waals surface area (Å²) in [5.41, 5.74) is 7.73. The van der Waals surface area contributed by atoms with Gasteiger partial charge in [0.05, 0.1) is 6.10 Å². The summed E-state index contributed by atoms with van der Waals surface area (Å²) in [6.07, 6.45) is 7.22. The molecule has 1 aromatic carbocycles. The minimum absolute atomic E-state index is 0.0488. The highest BCUT2D eigenvalue weighted by atomic mass is 35.5. The number of aromatic nitrogens is 1. The monoisotopic (exact) mass is 523 g/mol. The number of halogens is 4. The molecule has 6 nitrogen and oxygen atoms in total. The Kier molecular flexibility index (Phi) is 8.25. The molecule has 4 N–H and O–H groups in total. The number of aliphatic hydroxyl groups excluding tert-OH is 1. The lowest BCUT2D eigenvalue weighted by molar-refractivity contribution is 0.0693. The molecule has 1 aromatic heterocycles. The first kappa shape index (κ1) is 25.4. The largest absolute Gasteiger partial charge is 0.404 e. The number of aliphatic hydroxyl groups is 1. The molecule has 3 atom stereocenters. The van der Waals surface area contributed by atoms with E-state index in [0.717, 1.165) is 25.5 Å². The summed E-state index contributed by atoms with van der Waals surface area (Å²) < 4.78 is 39.8. The van der Waals surface area contributed by atoms with E-state index >= 15 is 0 Å². The summed E-state index contributed by atoms with van der Waals surface area (Å²) in [5.74, 6) is -0.0920. The highest BCUT2D eigenvalue weighted by molar-refractivity contribution is 7.11. The molecule has 2 heterocycles. The van der Waals surface area contributed by atoms with Crippen molar-refractivity contribution in [1.29, 1.82) is 0 Å². The van der Waals surface area contributed by atoms with Gasteiger partial charge in [0.1, 0.15) is 11.9 Å². The fourth-order valence-corrected chi connectivity index (χ4v) is 5.38. The number of rotatable bonds is 7. The molecule has 11 heteroatoms. The third-order valence-electron chi connectivity index (χ3n) is 6.17. The van der Waals surface area contributed by atoms with Crippen LogP contribution in [0, 0.1) is 11.7 Å². The van der Waals surface area contributed by atoms with Crippen LogP contribution in [-0.2, 0) is 0 Å². The van der Waals surface area contributed by atoms with Gasteiger partial charge in [-0.15, -0.1) is 11.3 Å². The van der Waals surface area contributed by atoms with E-state index in [1.54, 1.807) is 6.20 Å². The number of hydrogen-bond acceptors (Lipinski definition) is 7. The van der Waals surface area contributed by atoms with Crippen molar-refractivity contribution < 1.29 is 18.3 Å². The highest BCUT2D eigenvalue weighted by Gasteiger charge is 2.33. The van der Waals surface area contributed by atoms with Crippen LogP contribution in [0.25, 0.3) is 0 Å². The molecule has 2 aliphatic rings. The van der Waals surface area contributed by atoms with Crippen LogP contribution in [0.15, 0.2) is 62.8 Å². The zero-order valence-corrected chi connectivity index (χ0v) is 20.2. The van der Waals surface area contributed by atoms with Crippen LogP contribution >= 0.6 is 22.9 Å². The maximum Gasteiger partial charge on any atom is 0.331 e. The molecule has 186 valence electrons. The lowest BCUT2D eigenvalue weighted by Crippen LogP contribution is -2.35. The summed E-state index contributed by atoms with van der Waals surface area (Å²) >= 11 is 7.81. The molecular weight excluding hydrogens is 499 g/mol. The summed E-state index contributed by atoms with van der Waals surface area (Å²) in [5, 5.41) is 16.5. The summed E-state index contributed by atoms with van der Waals surface area (Å²) in [6, 6.07) is 3.17. The Morgan fingerprint density at radius 2 is 2.14 bits per heavy atom. The first-order valence-electron chi connectivity index (χ1n) is 11.2. The van der Waals surface area contributed by atoms with Gasteiger partial charge in [0.2, 0.25) is 0 Å². The van der Waals surface area contributed by atoms with E-state index in [9.17, 15) is 18.3 Å². The zero-order valence-electron chi connectivity index (χ0n) is 18.7. The number of benzene rings is 1. The summed E-state index contributed by atoms with van der Waals surface area (Å²) in [6.45, 7) is -2.92. The van der Waals surface area contributed by atoms with Gasteiger partial charge >= 0.3 is 6.55 Å². The van der Waals surface area contributed by atoms with Gasteiger partial charge in [-0.05, 0) is 42.9 Å². The van der Waals surface area contributed by atoms with E-state index in [1.807, 2.05) is 5.38 Å². The molecule has 4 rings (SSSR count). The van der Waals surface area contributed by atoms with E-state index in [2.05, 4.69) is 15.3 Å². The van der Waals surface area contributed by atoms with Crippen LogP contribution in [-0.4, -0.2) is 34.8 Å². The Labute approximate surface area is 210 Å². The molecule has 0 bridgehead atoms. The van der Waals surface area contributed by atoms with Gasteiger partial charge in [0.15, 0.2) is 10.8 Å². The predicted octanol–water partition coefficient (Wildman–Crippen LogP) is 5.36. The lowest BCUT2D eigenvalue weighted by atomic mass is 9.81.